The Morgan fingerprint density at radius 1 is 1.58 bits per heavy atom. The monoisotopic (exact) mass is 166 g/mol. The molecule has 1 aliphatic rings. The van der Waals surface area contributed by atoms with Crippen molar-refractivity contribution >= 4 is 0 Å². The van der Waals surface area contributed by atoms with Crippen LogP contribution < -0.4 is 0 Å². The molecule has 2 nitrogen and oxygen atoms in total. The molecule has 64 valence electrons. The average Bonchev–Trinajstić information content (AvgIpc) is 2.04. The van der Waals surface area contributed by atoms with E-state index in [1.165, 1.54) is 0 Å². The Kier molecular flexibility index (Phi) is 2.49. The van der Waals surface area contributed by atoms with Crippen LogP contribution in [0.1, 0.15) is 12.8 Å². The van der Waals surface area contributed by atoms with Gasteiger partial charge in [-0.15, -0.1) is 0 Å². The summed E-state index contributed by atoms with van der Waals surface area (Å²) in [6.07, 6.45) is 3.10. The molecular weight excluding hydrogens is 155 g/mol. The third-order valence-electron chi connectivity index (χ3n) is 1.84. The molecular formula is C9H11FN2. The van der Waals surface area contributed by atoms with Crippen molar-refractivity contribution in [3.05, 3.63) is 23.2 Å². The van der Waals surface area contributed by atoms with Gasteiger partial charge in [0.1, 0.15) is 0 Å². The minimum Gasteiger partial charge on any atom is -0.376 e. The maximum Gasteiger partial charge on any atom is 0.159 e. The zero-order valence-corrected chi connectivity index (χ0v) is 7.26. The summed E-state index contributed by atoms with van der Waals surface area (Å²) in [5.41, 5.74) is 0.791. The summed E-state index contributed by atoms with van der Waals surface area (Å²) in [4.78, 5) is 1.69. The lowest BCUT2D eigenvalue weighted by atomic mass is 10.0. The van der Waals surface area contributed by atoms with Crippen molar-refractivity contribution < 1.29 is 4.39 Å². The summed E-state index contributed by atoms with van der Waals surface area (Å²) < 4.78 is 13.3. The van der Waals surface area contributed by atoms with Crippen molar-refractivity contribution in [3.8, 4) is 6.07 Å². The fraction of sp³-hybridized carbons (Fsp3) is 0.444. The van der Waals surface area contributed by atoms with Crippen LogP contribution in [0.15, 0.2) is 23.2 Å². The summed E-state index contributed by atoms with van der Waals surface area (Å²) in [7, 11) is 3.54. The van der Waals surface area contributed by atoms with E-state index in [0.29, 0.717) is 12.1 Å². The fourth-order valence-corrected chi connectivity index (χ4v) is 1.19. The van der Waals surface area contributed by atoms with E-state index in [1.54, 1.807) is 19.0 Å². The molecule has 0 aliphatic heterocycles. The molecule has 0 aromatic carbocycles. The molecule has 0 aromatic rings. The van der Waals surface area contributed by atoms with Crippen LogP contribution in [0.25, 0.3) is 0 Å². The highest BCUT2D eigenvalue weighted by atomic mass is 19.1. The molecule has 12 heavy (non-hydrogen) atoms. The smallest absolute Gasteiger partial charge is 0.159 e. The van der Waals surface area contributed by atoms with Crippen molar-refractivity contribution in [2.45, 2.75) is 12.8 Å². The van der Waals surface area contributed by atoms with Crippen LogP contribution in [-0.2, 0) is 0 Å². The first kappa shape index (κ1) is 8.79. The van der Waals surface area contributed by atoms with Crippen molar-refractivity contribution in [2.24, 2.45) is 0 Å². The van der Waals surface area contributed by atoms with Crippen LogP contribution in [0.4, 0.5) is 4.39 Å². The first-order valence-corrected chi connectivity index (χ1v) is 3.83. The molecule has 0 spiro atoms. The Bertz CT molecular complexity index is 281. The number of hydrogen-bond donors (Lipinski definition) is 0. The lowest BCUT2D eigenvalue weighted by Gasteiger charge is -2.19. The van der Waals surface area contributed by atoms with Gasteiger partial charge in [-0.2, -0.15) is 5.26 Å². The molecule has 1 aliphatic carbocycles. The first-order chi connectivity index (χ1) is 5.66. The molecule has 0 unspecified atom stereocenters. The average molecular weight is 166 g/mol. The molecule has 0 aromatic heterocycles. The largest absolute Gasteiger partial charge is 0.376 e. The van der Waals surface area contributed by atoms with Gasteiger partial charge in [0, 0.05) is 14.1 Å². The van der Waals surface area contributed by atoms with Crippen LogP contribution in [-0.4, -0.2) is 19.0 Å². The van der Waals surface area contributed by atoms with Crippen molar-refractivity contribution in [2.75, 3.05) is 14.1 Å². The second-order valence-electron chi connectivity index (χ2n) is 2.93. The normalized spacial score (nSPS) is 17.0. The van der Waals surface area contributed by atoms with E-state index in [9.17, 15) is 4.39 Å². The van der Waals surface area contributed by atoms with Gasteiger partial charge in [0.05, 0.1) is 17.3 Å². The van der Waals surface area contributed by atoms with Gasteiger partial charge in [-0.05, 0) is 12.8 Å². The predicted molar refractivity (Wildman–Crippen MR) is 44.8 cm³/mol. The van der Waals surface area contributed by atoms with Crippen molar-refractivity contribution in [1.82, 2.24) is 4.90 Å². The summed E-state index contributed by atoms with van der Waals surface area (Å²) in [5, 5.41) is 8.57. The molecule has 0 N–H and O–H groups in total. The Balaban J connectivity index is 2.99. The van der Waals surface area contributed by atoms with Gasteiger partial charge >= 0.3 is 0 Å². The molecule has 0 radical (unpaired) electrons. The fourth-order valence-electron chi connectivity index (χ4n) is 1.19. The van der Waals surface area contributed by atoms with E-state index < -0.39 is 0 Å². The molecule has 0 saturated heterocycles. The van der Waals surface area contributed by atoms with E-state index in [2.05, 4.69) is 0 Å². The number of nitrogens with zero attached hydrogens (tertiary/aromatic N) is 2. The molecule has 0 heterocycles. The summed E-state index contributed by atoms with van der Waals surface area (Å²) in [6.45, 7) is 0. The van der Waals surface area contributed by atoms with Crippen LogP contribution in [0.3, 0.4) is 0 Å². The maximum absolute atomic E-state index is 13.3. The number of nitriles is 1. The predicted octanol–water partition coefficient (Wildman–Crippen LogP) is 1.97. The van der Waals surface area contributed by atoms with Gasteiger partial charge in [-0.25, -0.2) is 4.39 Å². The number of likely N-dealkylation sites (N-methyl/N-ethyl adjacent to an activating group) is 1. The number of hydrogen-bond acceptors (Lipinski definition) is 2. The third kappa shape index (κ3) is 1.48. The zero-order valence-electron chi connectivity index (χ0n) is 7.26. The van der Waals surface area contributed by atoms with Gasteiger partial charge in [-0.1, -0.05) is 6.08 Å². The molecule has 1 rings (SSSR count). The molecule has 0 fully saturated rings. The quantitative estimate of drug-likeness (QED) is 0.595. The van der Waals surface area contributed by atoms with Gasteiger partial charge < -0.3 is 4.90 Å². The van der Waals surface area contributed by atoms with Crippen molar-refractivity contribution in [3.63, 3.8) is 0 Å². The van der Waals surface area contributed by atoms with Crippen LogP contribution in [0.2, 0.25) is 0 Å². The van der Waals surface area contributed by atoms with Crippen LogP contribution >= 0.6 is 0 Å². The minimum absolute atomic E-state index is 0.265. The molecule has 0 bridgehead atoms. The van der Waals surface area contributed by atoms with Crippen molar-refractivity contribution in [1.29, 1.82) is 5.26 Å². The van der Waals surface area contributed by atoms with Gasteiger partial charge in [0.2, 0.25) is 0 Å². The van der Waals surface area contributed by atoms with E-state index in [-0.39, 0.29) is 11.4 Å². The standard InChI is InChI=1S/C9H11FN2/c1-12(2)8-5-3-4-7(6-11)9(8)10/h5H,3-4H2,1-2H3. The van der Waals surface area contributed by atoms with Gasteiger partial charge in [-0.3, -0.25) is 0 Å². The van der Waals surface area contributed by atoms with E-state index in [4.69, 9.17) is 5.26 Å². The van der Waals surface area contributed by atoms with Crippen LogP contribution in [0.5, 0.6) is 0 Å². The molecule has 3 heteroatoms. The Labute approximate surface area is 71.6 Å². The Hall–Kier alpha value is -1.30. The summed E-state index contributed by atoms with van der Waals surface area (Å²) in [6, 6.07) is 1.88. The highest BCUT2D eigenvalue weighted by Crippen LogP contribution is 2.26. The third-order valence-corrected chi connectivity index (χ3v) is 1.84. The van der Waals surface area contributed by atoms with E-state index in [0.717, 1.165) is 6.42 Å². The second-order valence-corrected chi connectivity index (χ2v) is 2.93. The molecule has 0 saturated carbocycles. The zero-order chi connectivity index (χ0) is 9.14. The summed E-state index contributed by atoms with van der Waals surface area (Å²) in [5.74, 6) is -0.367. The van der Waals surface area contributed by atoms with Gasteiger partial charge in [0.25, 0.3) is 0 Å². The molecule has 0 amide bonds. The lowest BCUT2D eigenvalue weighted by Crippen LogP contribution is -2.14. The summed E-state index contributed by atoms with van der Waals surface area (Å²) >= 11 is 0. The highest BCUT2D eigenvalue weighted by Gasteiger charge is 2.16. The van der Waals surface area contributed by atoms with E-state index >= 15 is 0 Å². The maximum atomic E-state index is 13.3. The number of allylic oxidation sites excluding steroid dienone is 3. The highest BCUT2D eigenvalue weighted by molar-refractivity contribution is 5.39. The van der Waals surface area contributed by atoms with Gasteiger partial charge in [0.15, 0.2) is 5.83 Å². The molecule has 0 atom stereocenters. The van der Waals surface area contributed by atoms with Crippen LogP contribution in [0, 0.1) is 11.3 Å². The number of halogens is 1. The van der Waals surface area contributed by atoms with E-state index in [1.807, 2.05) is 12.1 Å². The Morgan fingerprint density at radius 2 is 2.25 bits per heavy atom. The minimum atomic E-state index is -0.367. The number of rotatable bonds is 1. The first-order valence-electron chi connectivity index (χ1n) is 3.83. The second kappa shape index (κ2) is 3.40. The Morgan fingerprint density at radius 3 is 2.75 bits per heavy atom. The topological polar surface area (TPSA) is 27.0 Å². The lowest BCUT2D eigenvalue weighted by molar-refractivity contribution is 0.464. The SMILES string of the molecule is CN(C)C1=CCCC(C#N)=C1F.